The summed E-state index contributed by atoms with van der Waals surface area (Å²) in [6.45, 7) is 2.95. The van der Waals surface area contributed by atoms with Gasteiger partial charge in [-0.15, -0.1) is 0 Å². The van der Waals surface area contributed by atoms with E-state index in [-0.39, 0.29) is 0 Å². The number of hydrogen-bond acceptors (Lipinski definition) is 6. The van der Waals surface area contributed by atoms with Crippen molar-refractivity contribution < 1.29 is 9.26 Å². The molecule has 0 spiro atoms. The average Bonchev–Trinajstić information content (AvgIpc) is 2.76. The van der Waals surface area contributed by atoms with Crippen molar-refractivity contribution in [3.63, 3.8) is 0 Å². The van der Waals surface area contributed by atoms with Gasteiger partial charge in [-0.05, 0) is 13.0 Å². The Morgan fingerprint density at radius 1 is 1.41 bits per heavy atom. The van der Waals surface area contributed by atoms with E-state index in [1.165, 1.54) is 0 Å². The summed E-state index contributed by atoms with van der Waals surface area (Å²) in [6, 6.07) is 3.83. The third-order valence-electron chi connectivity index (χ3n) is 2.20. The normalized spacial score (nSPS) is 10.5. The Balaban J connectivity index is 1.89. The Labute approximate surface area is 99.0 Å². The third kappa shape index (κ3) is 3.01. The molecule has 0 bridgehead atoms. The molecular formula is C11H14N4O2. The lowest BCUT2D eigenvalue weighted by Crippen LogP contribution is -2.14. The summed E-state index contributed by atoms with van der Waals surface area (Å²) in [5.41, 5.74) is 0.992. The Hall–Kier alpha value is -1.95. The van der Waals surface area contributed by atoms with E-state index in [1.807, 2.05) is 12.1 Å². The first-order chi connectivity index (χ1) is 8.29. The molecule has 0 aliphatic heterocycles. The van der Waals surface area contributed by atoms with Crippen LogP contribution in [0.4, 0.5) is 0 Å². The van der Waals surface area contributed by atoms with Crippen LogP contribution in [0.25, 0.3) is 0 Å². The highest BCUT2D eigenvalue weighted by molar-refractivity contribution is 5.24. The first kappa shape index (κ1) is 11.5. The van der Waals surface area contributed by atoms with Crippen LogP contribution < -0.4 is 10.1 Å². The molecule has 90 valence electrons. The van der Waals surface area contributed by atoms with Gasteiger partial charge in [-0.1, -0.05) is 11.2 Å². The lowest BCUT2D eigenvalue weighted by molar-refractivity contribution is 0.361. The van der Waals surface area contributed by atoms with Gasteiger partial charge in [0.2, 0.25) is 11.8 Å². The maximum Gasteiger partial charge on any atom is 0.240 e. The lowest BCUT2D eigenvalue weighted by Gasteiger charge is -2.06. The molecule has 0 radical (unpaired) electrons. The molecule has 6 nitrogen and oxygen atoms in total. The van der Waals surface area contributed by atoms with Crippen molar-refractivity contribution in [1.82, 2.24) is 20.4 Å². The van der Waals surface area contributed by atoms with Crippen LogP contribution in [0, 0.1) is 6.92 Å². The SMILES string of the molecule is COc1ncccc1CNCc1nc(C)no1. The quantitative estimate of drug-likeness (QED) is 0.834. The molecule has 2 aromatic heterocycles. The van der Waals surface area contributed by atoms with Crippen molar-refractivity contribution in [2.75, 3.05) is 7.11 Å². The summed E-state index contributed by atoms with van der Waals surface area (Å²) >= 11 is 0. The minimum Gasteiger partial charge on any atom is -0.481 e. The fraction of sp³-hybridized carbons (Fsp3) is 0.364. The second kappa shape index (κ2) is 5.40. The van der Waals surface area contributed by atoms with E-state index in [2.05, 4.69) is 20.4 Å². The molecule has 0 aliphatic carbocycles. The summed E-state index contributed by atoms with van der Waals surface area (Å²) in [6.07, 6.45) is 1.70. The number of pyridine rings is 1. The van der Waals surface area contributed by atoms with E-state index in [1.54, 1.807) is 20.2 Å². The first-order valence-corrected chi connectivity index (χ1v) is 5.27. The number of nitrogens with one attached hydrogen (secondary N) is 1. The largest absolute Gasteiger partial charge is 0.481 e. The van der Waals surface area contributed by atoms with E-state index >= 15 is 0 Å². The van der Waals surface area contributed by atoms with Crippen molar-refractivity contribution >= 4 is 0 Å². The van der Waals surface area contributed by atoms with Gasteiger partial charge < -0.3 is 14.6 Å². The number of methoxy groups -OCH3 is 1. The fourth-order valence-corrected chi connectivity index (χ4v) is 1.46. The van der Waals surface area contributed by atoms with Crippen molar-refractivity contribution in [3.8, 4) is 5.88 Å². The highest BCUT2D eigenvalue weighted by Gasteiger charge is 2.05. The van der Waals surface area contributed by atoms with Gasteiger partial charge in [0.05, 0.1) is 13.7 Å². The number of aryl methyl sites for hydroxylation is 1. The smallest absolute Gasteiger partial charge is 0.240 e. The number of ether oxygens (including phenoxy) is 1. The molecular weight excluding hydrogens is 220 g/mol. The minimum absolute atomic E-state index is 0.527. The Morgan fingerprint density at radius 3 is 3.00 bits per heavy atom. The van der Waals surface area contributed by atoms with Crippen LogP contribution in [0.5, 0.6) is 5.88 Å². The number of rotatable bonds is 5. The second-order valence-corrected chi connectivity index (χ2v) is 3.51. The molecule has 0 amide bonds. The molecule has 6 heteroatoms. The van der Waals surface area contributed by atoms with Gasteiger partial charge in [0.25, 0.3) is 0 Å². The molecule has 1 N–H and O–H groups in total. The molecule has 0 fully saturated rings. The van der Waals surface area contributed by atoms with E-state index in [9.17, 15) is 0 Å². The minimum atomic E-state index is 0.527. The van der Waals surface area contributed by atoms with E-state index in [4.69, 9.17) is 9.26 Å². The average molecular weight is 234 g/mol. The van der Waals surface area contributed by atoms with Gasteiger partial charge in [-0.2, -0.15) is 4.98 Å². The van der Waals surface area contributed by atoms with E-state index < -0.39 is 0 Å². The van der Waals surface area contributed by atoms with Gasteiger partial charge in [0, 0.05) is 18.3 Å². The number of nitrogens with zero attached hydrogens (tertiary/aromatic N) is 3. The van der Waals surface area contributed by atoms with Crippen LogP contribution in [0.15, 0.2) is 22.9 Å². The summed E-state index contributed by atoms with van der Waals surface area (Å²) in [5, 5.41) is 6.90. The maximum atomic E-state index is 5.15. The number of aromatic nitrogens is 3. The van der Waals surface area contributed by atoms with Crippen molar-refractivity contribution in [1.29, 1.82) is 0 Å². The van der Waals surface area contributed by atoms with Gasteiger partial charge in [0.15, 0.2) is 5.82 Å². The predicted molar refractivity (Wildman–Crippen MR) is 60.4 cm³/mol. The molecule has 2 rings (SSSR count). The molecule has 0 atom stereocenters. The van der Waals surface area contributed by atoms with Crippen LogP contribution in [-0.4, -0.2) is 22.2 Å². The molecule has 17 heavy (non-hydrogen) atoms. The highest BCUT2D eigenvalue weighted by atomic mass is 16.5. The Kier molecular flexibility index (Phi) is 3.66. The van der Waals surface area contributed by atoms with Crippen molar-refractivity contribution in [2.24, 2.45) is 0 Å². The second-order valence-electron chi connectivity index (χ2n) is 3.51. The van der Waals surface area contributed by atoms with Crippen LogP contribution in [0.1, 0.15) is 17.3 Å². The summed E-state index contributed by atoms with van der Waals surface area (Å²) in [7, 11) is 1.60. The number of hydrogen-bond donors (Lipinski definition) is 1. The fourth-order valence-electron chi connectivity index (χ4n) is 1.46. The van der Waals surface area contributed by atoms with Gasteiger partial charge in [0.1, 0.15) is 0 Å². The maximum absolute atomic E-state index is 5.15. The molecule has 0 saturated carbocycles. The molecule has 0 aromatic carbocycles. The van der Waals surface area contributed by atoms with Gasteiger partial charge in [-0.3, -0.25) is 0 Å². The third-order valence-corrected chi connectivity index (χ3v) is 2.20. The van der Waals surface area contributed by atoms with Crippen LogP contribution in [0.2, 0.25) is 0 Å². The zero-order valence-electron chi connectivity index (χ0n) is 9.80. The Bertz CT molecular complexity index is 484. The lowest BCUT2D eigenvalue weighted by atomic mass is 10.2. The predicted octanol–water partition coefficient (Wildman–Crippen LogP) is 1.07. The van der Waals surface area contributed by atoms with Gasteiger partial charge in [-0.25, -0.2) is 4.98 Å². The molecule has 0 aliphatic rings. The highest BCUT2D eigenvalue weighted by Crippen LogP contribution is 2.12. The van der Waals surface area contributed by atoms with Crippen molar-refractivity contribution in [2.45, 2.75) is 20.0 Å². The first-order valence-electron chi connectivity index (χ1n) is 5.27. The molecule has 2 aromatic rings. The topological polar surface area (TPSA) is 73.1 Å². The summed E-state index contributed by atoms with van der Waals surface area (Å²) < 4.78 is 10.1. The molecule has 0 unspecified atom stereocenters. The monoisotopic (exact) mass is 234 g/mol. The zero-order valence-corrected chi connectivity index (χ0v) is 9.80. The Morgan fingerprint density at radius 2 is 2.29 bits per heavy atom. The van der Waals surface area contributed by atoms with Gasteiger partial charge >= 0.3 is 0 Å². The summed E-state index contributed by atoms with van der Waals surface area (Å²) in [5.74, 6) is 1.84. The van der Waals surface area contributed by atoms with Crippen LogP contribution in [-0.2, 0) is 13.1 Å². The standard InChI is InChI=1S/C11H14N4O2/c1-8-14-10(17-15-8)7-12-6-9-4-3-5-13-11(9)16-2/h3-5,12H,6-7H2,1-2H3. The van der Waals surface area contributed by atoms with Crippen LogP contribution in [0.3, 0.4) is 0 Å². The molecule has 0 saturated heterocycles. The summed E-state index contributed by atoms with van der Waals surface area (Å²) in [4.78, 5) is 8.21. The zero-order chi connectivity index (χ0) is 12.1. The van der Waals surface area contributed by atoms with Crippen molar-refractivity contribution in [3.05, 3.63) is 35.6 Å². The molecule has 2 heterocycles. The van der Waals surface area contributed by atoms with Crippen LogP contribution >= 0.6 is 0 Å². The van der Waals surface area contributed by atoms with E-state index in [0.717, 1.165) is 5.56 Å². The van der Waals surface area contributed by atoms with E-state index in [0.29, 0.717) is 30.7 Å².